The molecule has 1 saturated carbocycles. The van der Waals surface area contributed by atoms with E-state index in [0.29, 0.717) is 12.1 Å². The van der Waals surface area contributed by atoms with Crippen molar-refractivity contribution < 1.29 is 19.5 Å². The van der Waals surface area contributed by atoms with Crippen LogP contribution in [0.25, 0.3) is 0 Å². The summed E-state index contributed by atoms with van der Waals surface area (Å²) >= 11 is 0. The number of carboxylic acid groups (broad SMARTS) is 1. The van der Waals surface area contributed by atoms with Crippen molar-refractivity contribution in [2.24, 2.45) is 11.3 Å². The predicted octanol–water partition coefficient (Wildman–Crippen LogP) is 3.18. The Hall–Kier alpha value is -2.37. The lowest BCUT2D eigenvalue weighted by atomic mass is 9.67. The van der Waals surface area contributed by atoms with Crippen molar-refractivity contribution in [3.05, 3.63) is 23.8 Å². The van der Waals surface area contributed by atoms with Crippen LogP contribution >= 0.6 is 0 Å². The molecule has 6 nitrogen and oxygen atoms in total. The Labute approximate surface area is 147 Å². The van der Waals surface area contributed by atoms with Gasteiger partial charge in [-0.3, -0.25) is 14.4 Å². The van der Waals surface area contributed by atoms with Crippen LogP contribution in [-0.2, 0) is 20.8 Å². The standard InChI is InChI=1S/C19H24N2O4/c1-19(11-17(23)24,13-5-3-2-4-6-13)18(25)20-14-7-8-15-12(9-14)10-16(22)21-15/h7-9,13H,2-6,10-11H2,1H3,(H,20,25)(H,21,22)(H,23,24)/t19-/m1/s1. The zero-order valence-corrected chi connectivity index (χ0v) is 14.4. The van der Waals surface area contributed by atoms with Crippen LogP contribution in [0.5, 0.6) is 0 Å². The van der Waals surface area contributed by atoms with E-state index in [4.69, 9.17) is 0 Å². The Morgan fingerprint density at radius 3 is 2.68 bits per heavy atom. The first-order valence-electron chi connectivity index (χ1n) is 8.84. The van der Waals surface area contributed by atoms with Gasteiger partial charge in [-0.2, -0.15) is 0 Å². The van der Waals surface area contributed by atoms with Crippen LogP contribution in [-0.4, -0.2) is 22.9 Å². The summed E-state index contributed by atoms with van der Waals surface area (Å²) in [7, 11) is 0. The third kappa shape index (κ3) is 3.67. The van der Waals surface area contributed by atoms with Gasteiger partial charge in [-0.1, -0.05) is 19.3 Å². The van der Waals surface area contributed by atoms with Gasteiger partial charge in [0.05, 0.1) is 18.3 Å². The molecular weight excluding hydrogens is 320 g/mol. The van der Waals surface area contributed by atoms with E-state index < -0.39 is 11.4 Å². The van der Waals surface area contributed by atoms with Crippen molar-refractivity contribution in [3.63, 3.8) is 0 Å². The molecule has 1 aliphatic carbocycles. The summed E-state index contributed by atoms with van der Waals surface area (Å²) in [6.07, 6.45) is 5.13. The quantitative estimate of drug-likeness (QED) is 0.764. The molecule has 1 aliphatic heterocycles. The first-order chi connectivity index (χ1) is 11.9. The van der Waals surface area contributed by atoms with E-state index in [1.54, 1.807) is 25.1 Å². The average molecular weight is 344 g/mol. The molecule has 134 valence electrons. The summed E-state index contributed by atoms with van der Waals surface area (Å²) in [5, 5.41) is 15.0. The van der Waals surface area contributed by atoms with Crippen LogP contribution in [0, 0.1) is 11.3 Å². The monoisotopic (exact) mass is 344 g/mol. The van der Waals surface area contributed by atoms with Gasteiger partial charge in [-0.05, 0) is 49.4 Å². The van der Waals surface area contributed by atoms with Gasteiger partial charge in [0.2, 0.25) is 11.8 Å². The van der Waals surface area contributed by atoms with Crippen LogP contribution in [0.2, 0.25) is 0 Å². The molecule has 1 fully saturated rings. The number of amides is 2. The first kappa shape index (κ1) is 17.5. The molecule has 1 aromatic rings. The highest BCUT2D eigenvalue weighted by Crippen LogP contribution is 2.42. The minimum absolute atomic E-state index is 0.0589. The van der Waals surface area contributed by atoms with Crippen molar-refractivity contribution in [2.45, 2.75) is 51.9 Å². The van der Waals surface area contributed by atoms with Crippen LogP contribution in [0.15, 0.2) is 18.2 Å². The average Bonchev–Trinajstić information content (AvgIpc) is 2.94. The van der Waals surface area contributed by atoms with Crippen molar-refractivity contribution in [1.29, 1.82) is 0 Å². The van der Waals surface area contributed by atoms with Gasteiger partial charge >= 0.3 is 5.97 Å². The molecule has 25 heavy (non-hydrogen) atoms. The number of rotatable bonds is 5. The van der Waals surface area contributed by atoms with E-state index in [9.17, 15) is 19.5 Å². The molecule has 3 N–H and O–H groups in total. The fourth-order valence-electron chi connectivity index (χ4n) is 4.04. The number of anilines is 2. The van der Waals surface area contributed by atoms with Crippen molar-refractivity contribution in [3.8, 4) is 0 Å². The second kappa shape index (κ2) is 6.86. The predicted molar refractivity (Wildman–Crippen MR) is 94.3 cm³/mol. The Balaban J connectivity index is 1.79. The zero-order valence-electron chi connectivity index (χ0n) is 14.4. The normalized spacial score (nSPS) is 19.6. The maximum atomic E-state index is 13.0. The third-order valence-electron chi connectivity index (χ3n) is 5.53. The zero-order chi connectivity index (χ0) is 18.0. The molecule has 0 saturated heterocycles. The topological polar surface area (TPSA) is 95.5 Å². The molecule has 1 atom stereocenters. The molecule has 2 amide bonds. The van der Waals surface area contributed by atoms with Gasteiger partial charge in [-0.25, -0.2) is 0 Å². The number of benzene rings is 1. The van der Waals surface area contributed by atoms with E-state index in [1.165, 1.54) is 0 Å². The molecule has 0 bridgehead atoms. The van der Waals surface area contributed by atoms with E-state index in [1.807, 2.05) is 0 Å². The number of aliphatic carboxylic acids is 1. The Kier molecular flexibility index (Phi) is 4.79. The molecule has 0 aromatic heterocycles. The van der Waals surface area contributed by atoms with Gasteiger partial charge in [0, 0.05) is 11.4 Å². The number of fused-ring (bicyclic) bond motifs is 1. The summed E-state index contributed by atoms with van der Waals surface area (Å²) in [6.45, 7) is 1.77. The van der Waals surface area contributed by atoms with Crippen LogP contribution < -0.4 is 10.6 Å². The maximum absolute atomic E-state index is 13.0. The first-order valence-corrected chi connectivity index (χ1v) is 8.84. The molecular formula is C19H24N2O4. The van der Waals surface area contributed by atoms with Crippen LogP contribution in [0.1, 0.15) is 51.0 Å². The molecule has 2 aliphatic rings. The largest absolute Gasteiger partial charge is 0.481 e. The number of carbonyl (C=O) groups excluding carboxylic acids is 2. The molecule has 0 unspecified atom stereocenters. The number of carbonyl (C=O) groups is 3. The minimum atomic E-state index is -0.952. The summed E-state index contributed by atoms with van der Waals surface area (Å²) < 4.78 is 0. The smallest absolute Gasteiger partial charge is 0.304 e. The Morgan fingerprint density at radius 1 is 1.28 bits per heavy atom. The van der Waals surface area contributed by atoms with Crippen molar-refractivity contribution in [2.75, 3.05) is 10.6 Å². The summed E-state index contributed by atoms with van der Waals surface area (Å²) in [5.41, 5.74) is 1.29. The van der Waals surface area contributed by atoms with Gasteiger partial charge in [-0.15, -0.1) is 0 Å². The molecule has 3 rings (SSSR count). The SMILES string of the molecule is C[C@](CC(=O)O)(C(=O)Nc1ccc2c(c1)CC(=O)N2)C1CCCCC1. The number of hydrogen-bond donors (Lipinski definition) is 3. The van der Waals surface area contributed by atoms with Crippen LogP contribution in [0.3, 0.4) is 0 Å². The lowest BCUT2D eigenvalue weighted by molar-refractivity contribution is -0.145. The fourth-order valence-corrected chi connectivity index (χ4v) is 4.04. The Bertz CT molecular complexity index is 709. The molecule has 6 heteroatoms. The van der Waals surface area contributed by atoms with Crippen LogP contribution in [0.4, 0.5) is 11.4 Å². The van der Waals surface area contributed by atoms with E-state index >= 15 is 0 Å². The second-order valence-corrected chi connectivity index (χ2v) is 7.37. The molecule has 1 heterocycles. The minimum Gasteiger partial charge on any atom is -0.481 e. The highest BCUT2D eigenvalue weighted by Gasteiger charge is 2.43. The highest BCUT2D eigenvalue weighted by molar-refractivity contribution is 6.01. The summed E-state index contributed by atoms with van der Waals surface area (Å²) in [4.78, 5) is 35.8. The maximum Gasteiger partial charge on any atom is 0.304 e. The number of carboxylic acids is 1. The third-order valence-corrected chi connectivity index (χ3v) is 5.53. The van der Waals surface area contributed by atoms with Crippen molar-refractivity contribution in [1.82, 2.24) is 0 Å². The van der Waals surface area contributed by atoms with Gasteiger partial charge in [0.1, 0.15) is 0 Å². The molecule has 0 radical (unpaired) electrons. The number of nitrogens with one attached hydrogen (secondary N) is 2. The molecule has 1 aromatic carbocycles. The van der Waals surface area contributed by atoms with Gasteiger partial charge in [0.15, 0.2) is 0 Å². The van der Waals surface area contributed by atoms with Gasteiger partial charge < -0.3 is 15.7 Å². The number of hydrogen-bond acceptors (Lipinski definition) is 3. The highest BCUT2D eigenvalue weighted by atomic mass is 16.4. The fraction of sp³-hybridized carbons (Fsp3) is 0.526. The van der Waals surface area contributed by atoms with E-state index in [-0.39, 0.29) is 24.2 Å². The Morgan fingerprint density at radius 2 is 2.00 bits per heavy atom. The summed E-state index contributed by atoms with van der Waals surface area (Å²) in [6, 6.07) is 5.29. The van der Waals surface area contributed by atoms with E-state index in [2.05, 4.69) is 10.6 Å². The lowest BCUT2D eigenvalue weighted by Crippen LogP contribution is -2.42. The van der Waals surface area contributed by atoms with Gasteiger partial charge in [0.25, 0.3) is 0 Å². The van der Waals surface area contributed by atoms with E-state index in [0.717, 1.165) is 43.4 Å². The second-order valence-electron chi connectivity index (χ2n) is 7.37. The summed E-state index contributed by atoms with van der Waals surface area (Å²) in [5.74, 6) is -1.18. The lowest BCUT2D eigenvalue weighted by Gasteiger charge is -2.37. The van der Waals surface area contributed by atoms with Crippen molar-refractivity contribution >= 4 is 29.2 Å². The molecule has 0 spiro atoms.